The molecule has 0 unspecified atom stereocenters. The molecule has 0 radical (unpaired) electrons. The zero-order valence-electron chi connectivity index (χ0n) is 14.3. The molecule has 1 heterocycles. The van der Waals surface area contributed by atoms with Gasteiger partial charge >= 0.3 is 29.6 Å². The summed E-state index contributed by atoms with van der Waals surface area (Å²) in [6.45, 7) is 2.57. The molecule has 0 aliphatic carbocycles. The molecule has 3 aromatic rings. The van der Waals surface area contributed by atoms with Crippen LogP contribution in [-0.2, 0) is 6.54 Å². The third-order valence-electron chi connectivity index (χ3n) is 3.96. The van der Waals surface area contributed by atoms with Crippen molar-refractivity contribution in [2.24, 2.45) is 0 Å². The van der Waals surface area contributed by atoms with Crippen molar-refractivity contribution < 1.29 is 39.5 Å². The molecule has 120 valence electrons. The average molecular weight is 340 g/mol. The van der Waals surface area contributed by atoms with Gasteiger partial charge in [-0.05, 0) is 35.2 Å². The number of anilines is 1. The largest absolute Gasteiger partial charge is 1.00 e. The van der Waals surface area contributed by atoms with Gasteiger partial charge in [-0.1, -0.05) is 48.5 Å². The minimum absolute atomic E-state index is 0. The van der Waals surface area contributed by atoms with Crippen molar-refractivity contribution in [2.75, 3.05) is 5.32 Å². The topological polar surface area (TPSA) is 65.0 Å². The molecule has 0 aliphatic rings. The van der Waals surface area contributed by atoms with Crippen LogP contribution in [-0.4, -0.2) is 11.0 Å². The molecule has 0 atom stereocenters. The van der Waals surface area contributed by atoms with Gasteiger partial charge in [0.25, 0.3) is 0 Å². The molecule has 0 amide bonds. The Hall–Kier alpha value is -2.14. The number of benzene rings is 2. The van der Waals surface area contributed by atoms with E-state index in [9.17, 15) is 9.90 Å². The standard InChI is InChI=1S/C20H18N2O2.Na/c1-14-6-2-4-8-16(14)17-9-5-3-7-15(17)12-22-19-13-21-11-10-18(19)20(23)24;/h2-11,13,22H,12H2,1H3,(H,23,24);/q;+1/p-1. The van der Waals surface area contributed by atoms with Crippen molar-refractivity contribution in [3.05, 3.63) is 83.7 Å². The molecule has 0 fully saturated rings. The first-order chi connectivity index (χ1) is 11.7. The van der Waals surface area contributed by atoms with Gasteiger partial charge < -0.3 is 15.2 Å². The van der Waals surface area contributed by atoms with Crippen LogP contribution in [0.3, 0.4) is 0 Å². The van der Waals surface area contributed by atoms with Crippen LogP contribution in [0.15, 0.2) is 67.0 Å². The fourth-order valence-electron chi connectivity index (χ4n) is 2.72. The van der Waals surface area contributed by atoms with Crippen LogP contribution >= 0.6 is 0 Å². The Bertz CT molecular complexity index is 881. The maximum absolute atomic E-state index is 11.2. The molecule has 0 bridgehead atoms. The zero-order valence-corrected chi connectivity index (χ0v) is 16.3. The summed E-state index contributed by atoms with van der Waals surface area (Å²) >= 11 is 0. The summed E-state index contributed by atoms with van der Waals surface area (Å²) < 4.78 is 0. The average Bonchev–Trinajstić information content (AvgIpc) is 2.61. The van der Waals surface area contributed by atoms with Gasteiger partial charge in [0.1, 0.15) is 0 Å². The fraction of sp³-hybridized carbons (Fsp3) is 0.100. The number of hydrogen-bond acceptors (Lipinski definition) is 4. The van der Waals surface area contributed by atoms with E-state index in [0.717, 1.165) is 11.1 Å². The van der Waals surface area contributed by atoms with E-state index in [0.29, 0.717) is 12.2 Å². The van der Waals surface area contributed by atoms with Crippen molar-refractivity contribution in [3.8, 4) is 11.1 Å². The molecule has 1 N–H and O–H groups in total. The number of pyridine rings is 1. The van der Waals surface area contributed by atoms with Crippen molar-refractivity contribution in [1.82, 2.24) is 4.98 Å². The second-order valence-corrected chi connectivity index (χ2v) is 5.53. The molecular weight excluding hydrogens is 323 g/mol. The monoisotopic (exact) mass is 340 g/mol. The number of nitrogens with zero attached hydrogens (tertiary/aromatic N) is 1. The van der Waals surface area contributed by atoms with E-state index in [1.807, 2.05) is 30.3 Å². The molecule has 1 aromatic heterocycles. The quantitative estimate of drug-likeness (QED) is 0.666. The van der Waals surface area contributed by atoms with Gasteiger partial charge in [-0.15, -0.1) is 0 Å². The van der Waals surface area contributed by atoms with E-state index in [1.54, 1.807) is 0 Å². The number of aromatic nitrogens is 1. The number of nitrogens with one attached hydrogen (secondary N) is 1. The van der Waals surface area contributed by atoms with Crippen LogP contribution in [0.25, 0.3) is 11.1 Å². The van der Waals surface area contributed by atoms with Crippen LogP contribution in [0.2, 0.25) is 0 Å². The summed E-state index contributed by atoms with van der Waals surface area (Å²) in [6.07, 6.45) is 2.94. The number of aromatic carboxylic acids is 1. The van der Waals surface area contributed by atoms with Gasteiger partial charge in [-0.25, -0.2) is 0 Å². The Balaban J connectivity index is 0.00000225. The number of carbonyl (C=O) groups is 1. The molecule has 0 saturated carbocycles. The van der Waals surface area contributed by atoms with Gasteiger partial charge in [0, 0.05) is 18.3 Å². The van der Waals surface area contributed by atoms with Crippen molar-refractivity contribution in [3.63, 3.8) is 0 Å². The second-order valence-electron chi connectivity index (χ2n) is 5.53. The number of rotatable bonds is 5. The smallest absolute Gasteiger partial charge is 0.545 e. The van der Waals surface area contributed by atoms with Crippen LogP contribution in [0, 0.1) is 6.92 Å². The number of carboxylic acids is 1. The predicted octanol–water partition coefficient (Wildman–Crippen LogP) is 0.0366. The summed E-state index contributed by atoms with van der Waals surface area (Å²) in [5, 5.41) is 14.3. The van der Waals surface area contributed by atoms with E-state index in [4.69, 9.17) is 0 Å². The number of carboxylic acid groups (broad SMARTS) is 1. The Morgan fingerprint density at radius 3 is 2.44 bits per heavy atom. The van der Waals surface area contributed by atoms with Gasteiger partial charge in [0.15, 0.2) is 0 Å². The minimum Gasteiger partial charge on any atom is -0.545 e. The Morgan fingerprint density at radius 2 is 1.72 bits per heavy atom. The third-order valence-corrected chi connectivity index (χ3v) is 3.96. The number of hydrogen-bond donors (Lipinski definition) is 1. The van der Waals surface area contributed by atoms with Gasteiger partial charge in [0.2, 0.25) is 0 Å². The van der Waals surface area contributed by atoms with Crippen molar-refractivity contribution in [1.29, 1.82) is 0 Å². The van der Waals surface area contributed by atoms with E-state index >= 15 is 0 Å². The third kappa shape index (κ3) is 4.48. The molecule has 0 saturated heterocycles. The van der Waals surface area contributed by atoms with Crippen LogP contribution in [0.4, 0.5) is 5.69 Å². The minimum atomic E-state index is -1.22. The number of aryl methyl sites for hydroxylation is 1. The molecule has 0 aliphatic heterocycles. The second kappa shape index (κ2) is 8.81. The molecule has 25 heavy (non-hydrogen) atoms. The van der Waals surface area contributed by atoms with Gasteiger partial charge in [-0.3, -0.25) is 4.98 Å². The van der Waals surface area contributed by atoms with Gasteiger partial charge in [-0.2, -0.15) is 0 Å². The van der Waals surface area contributed by atoms with E-state index in [2.05, 4.69) is 35.4 Å². The number of carbonyl (C=O) groups excluding carboxylic acids is 1. The molecule has 3 rings (SSSR count). The first-order valence-corrected chi connectivity index (χ1v) is 7.70. The first-order valence-electron chi connectivity index (χ1n) is 7.70. The Morgan fingerprint density at radius 1 is 1.04 bits per heavy atom. The summed E-state index contributed by atoms with van der Waals surface area (Å²) in [5.41, 5.74) is 5.14. The first kappa shape index (κ1) is 19.2. The predicted molar refractivity (Wildman–Crippen MR) is 92.5 cm³/mol. The summed E-state index contributed by atoms with van der Waals surface area (Å²) in [6, 6.07) is 17.7. The Kier molecular flexibility index (Phi) is 6.76. The van der Waals surface area contributed by atoms with Crippen LogP contribution in [0.5, 0.6) is 0 Å². The normalized spacial score (nSPS) is 9.96. The Labute approximate surface area is 169 Å². The SMILES string of the molecule is Cc1ccccc1-c1ccccc1CNc1cnccc1C(=O)[O-].[Na+]. The molecule has 4 nitrogen and oxygen atoms in total. The van der Waals surface area contributed by atoms with E-state index < -0.39 is 5.97 Å². The molecule has 0 spiro atoms. The maximum Gasteiger partial charge on any atom is 1.00 e. The van der Waals surface area contributed by atoms with Crippen LogP contribution < -0.4 is 40.0 Å². The van der Waals surface area contributed by atoms with E-state index in [1.165, 1.54) is 29.6 Å². The maximum atomic E-state index is 11.2. The van der Waals surface area contributed by atoms with E-state index in [-0.39, 0.29) is 35.1 Å². The molecular formula is C20H17N2NaO2. The van der Waals surface area contributed by atoms with Gasteiger partial charge in [0.05, 0.1) is 17.9 Å². The van der Waals surface area contributed by atoms with Crippen molar-refractivity contribution >= 4 is 11.7 Å². The summed E-state index contributed by atoms with van der Waals surface area (Å²) in [4.78, 5) is 15.2. The molecule has 5 heteroatoms. The molecule has 2 aromatic carbocycles. The van der Waals surface area contributed by atoms with Crippen molar-refractivity contribution in [2.45, 2.75) is 13.5 Å². The van der Waals surface area contributed by atoms with Crippen LogP contribution in [0.1, 0.15) is 21.5 Å². The summed E-state index contributed by atoms with van der Waals surface area (Å²) in [5.74, 6) is -1.22. The fourth-order valence-corrected chi connectivity index (χ4v) is 2.72. The zero-order chi connectivity index (χ0) is 16.9. The summed E-state index contributed by atoms with van der Waals surface area (Å²) in [7, 11) is 0.